The molecule has 0 saturated heterocycles. The molecule has 4 heteroatoms. The molecule has 0 aliphatic carbocycles. The minimum absolute atomic E-state index is 0.125. The van der Waals surface area contributed by atoms with Gasteiger partial charge in [-0.05, 0) is 26.4 Å². The molecule has 1 amide bonds. The molecule has 0 aliphatic rings. The number of amides is 1. The van der Waals surface area contributed by atoms with Gasteiger partial charge >= 0.3 is 0 Å². The number of carbonyl (C=O) groups is 1. The number of carbonyl (C=O) groups excluding carboxylic acids is 1. The van der Waals surface area contributed by atoms with Crippen LogP contribution in [0.15, 0.2) is 0 Å². The predicted octanol–water partition coefficient (Wildman–Crippen LogP) is 0.690. The van der Waals surface area contributed by atoms with Crippen LogP contribution in [0.2, 0.25) is 0 Å². The maximum Gasteiger partial charge on any atom is 0.221 e. The first-order chi connectivity index (χ1) is 7.37. The highest BCUT2D eigenvalue weighted by atomic mass is 16.1. The van der Waals surface area contributed by atoms with Gasteiger partial charge in [-0.1, -0.05) is 13.8 Å². The van der Waals surface area contributed by atoms with E-state index in [1.54, 1.807) is 0 Å². The summed E-state index contributed by atoms with van der Waals surface area (Å²) in [6.45, 7) is 9.84. The van der Waals surface area contributed by atoms with Gasteiger partial charge in [0.25, 0.3) is 0 Å². The highest BCUT2D eigenvalue weighted by Gasteiger charge is 2.18. The molecular formula is C12H27N3O. The van der Waals surface area contributed by atoms with Gasteiger partial charge in [0.2, 0.25) is 5.91 Å². The molecule has 0 bridgehead atoms. The number of hydrogen-bond donors (Lipinski definition) is 2. The lowest BCUT2D eigenvalue weighted by Crippen LogP contribution is -2.38. The minimum Gasteiger partial charge on any atom is -0.356 e. The third-order valence-corrected chi connectivity index (χ3v) is 2.25. The molecular weight excluding hydrogens is 202 g/mol. The fourth-order valence-corrected chi connectivity index (χ4v) is 1.83. The van der Waals surface area contributed by atoms with Crippen LogP contribution in [-0.4, -0.2) is 51.1 Å². The molecule has 0 aliphatic heterocycles. The van der Waals surface area contributed by atoms with Crippen molar-refractivity contribution >= 4 is 5.91 Å². The molecule has 0 saturated carbocycles. The normalized spacial score (nSPS) is 11.9. The van der Waals surface area contributed by atoms with Crippen LogP contribution in [-0.2, 0) is 4.79 Å². The molecule has 0 unspecified atom stereocenters. The summed E-state index contributed by atoms with van der Waals surface area (Å²) in [5.74, 6) is 0.125. The predicted molar refractivity (Wildman–Crippen MR) is 68.5 cm³/mol. The van der Waals surface area contributed by atoms with E-state index in [4.69, 9.17) is 0 Å². The Morgan fingerprint density at radius 3 is 2.44 bits per heavy atom. The van der Waals surface area contributed by atoms with Gasteiger partial charge in [-0.3, -0.25) is 4.79 Å². The second-order valence-corrected chi connectivity index (χ2v) is 5.28. The van der Waals surface area contributed by atoms with Crippen LogP contribution in [0.4, 0.5) is 0 Å². The number of nitrogens with one attached hydrogen (secondary N) is 2. The average molecular weight is 229 g/mol. The van der Waals surface area contributed by atoms with Crippen LogP contribution in [0.25, 0.3) is 0 Å². The van der Waals surface area contributed by atoms with Crippen LogP contribution in [0.3, 0.4) is 0 Å². The monoisotopic (exact) mass is 229 g/mol. The zero-order chi connectivity index (χ0) is 12.6. The summed E-state index contributed by atoms with van der Waals surface area (Å²) in [4.78, 5) is 13.4. The summed E-state index contributed by atoms with van der Waals surface area (Å²) in [6, 6.07) is 0. The van der Waals surface area contributed by atoms with Crippen LogP contribution >= 0.6 is 0 Å². The van der Waals surface area contributed by atoms with E-state index in [9.17, 15) is 4.79 Å². The highest BCUT2D eigenvalue weighted by Crippen LogP contribution is 2.13. The third-order valence-electron chi connectivity index (χ3n) is 2.25. The first-order valence-electron chi connectivity index (χ1n) is 5.99. The molecule has 2 N–H and O–H groups in total. The van der Waals surface area contributed by atoms with Crippen molar-refractivity contribution in [2.24, 2.45) is 5.41 Å². The molecule has 0 fully saturated rings. The number of nitrogens with zero attached hydrogens (tertiary/aromatic N) is 1. The first-order valence-corrected chi connectivity index (χ1v) is 5.99. The van der Waals surface area contributed by atoms with Crippen molar-refractivity contribution in [3.05, 3.63) is 0 Å². The standard InChI is InChI=1S/C12H27N3O/c1-6-14-11(16)7-8-13-9-12(2,3)10-15(4)5/h13H,6-10H2,1-5H3,(H,14,16). The fraction of sp³-hybridized carbons (Fsp3) is 0.917. The molecule has 0 atom stereocenters. The van der Waals surface area contributed by atoms with Gasteiger partial charge in [-0.2, -0.15) is 0 Å². The zero-order valence-electron chi connectivity index (χ0n) is 11.4. The van der Waals surface area contributed by atoms with Gasteiger partial charge in [0.1, 0.15) is 0 Å². The fourth-order valence-electron chi connectivity index (χ4n) is 1.83. The van der Waals surface area contributed by atoms with Crippen molar-refractivity contribution in [1.82, 2.24) is 15.5 Å². The summed E-state index contributed by atoms with van der Waals surface area (Å²) in [5.41, 5.74) is 0.241. The number of rotatable bonds is 8. The third kappa shape index (κ3) is 8.68. The van der Waals surface area contributed by atoms with E-state index in [2.05, 4.69) is 43.5 Å². The SMILES string of the molecule is CCNC(=O)CCNCC(C)(C)CN(C)C. The smallest absolute Gasteiger partial charge is 0.221 e. The van der Waals surface area contributed by atoms with Crippen LogP contribution in [0, 0.1) is 5.41 Å². The van der Waals surface area contributed by atoms with E-state index in [1.807, 2.05) is 6.92 Å². The van der Waals surface area contributed by atoms with Gasteiger partial charge in [0.15, 0.2) is 0 Å². The van der Waals surface area contributed by atoms with E-state index in [-0.39, 0.29) is 11.3 Å². The lowest BCUT2D eigenvalue weighted by Gasteiger charge is -2.28. The Bertz CT molecular complexity index is 202. The molecule has 4 nitrogen and oxygen atoms in total. The van der Waals surface area contributed by atoms with Crippen molar-refractivity contribution < 1.29 is 4.79 Å². The van der Waals surface area contributed by atoms with Gasteiger partial charge in [-0.25, -0.2) is 0 Å². The van der Waals surface area contributed by atoms with E-state index in [0.29, 0.717) is 13.0 Å². The summed E-state index contributed by atoms with van der Waals surface area (Å²) in [7, 11) is 4.16. The van der Waals surface area contributed by atoms with Crippen molar-refractivity contribution in [3.63, 3.8) is 0 Å². The molecule has 0 spiro atoms. The summed E-state index contributed by atoms with van der Waals surface area (Å²) < 4.78 is 0. The number of hydrogen-bond acceptors (Lipinski definition) is 3. The van der Waals surface area contributed by atoms with Crippen molar-refractivity contribution in [2.75, 3.05) is 40.3 Å². The molecule has 0 heterocycles. The second kappa shape index (κ2) is 7.63. The maximum atomic E-state index is 11.2. The lowest BCUT2D eigenvalue weighted by atomic mass is 9.93. The summed E-state index contributed by atoms with van der Waals surface area (Å²) >= 11 is 0. The highest BCUT2D eigenvalue weighted by molar-refractivity contribution is 5.75. The Morgan fingerprint density at radius 2 is 1.94 bits per heavy atom. The minimum atomic E-state index is 0.125. The molecule has 0 aromatic carbocycles. The average Bonchev–Trinajstić information content (AvgIpc) is 2.11. The van der Waals surface area contributed by atoms with Crippen molar-refractivity contribution in [2.45, 2.75) is 27.2 Å². The molecule has 0 radical (unpaired) electrons. The summed E-state index contributed by atoms with van der Waals surface area (Å²) in [6.07, 6.45) is 0.561. The van der Waals surface area contributed by atoms with Gasteiger partial charge < -0.3 is 15.5 Å². The largest absolute Gasteiger partial charge is 0.356 e. The Hall–Kier alpha value is -0.610. The van der Waals surface area contributed by atoms with Crippen molar-refractivity contribution in [1.29, 1.82) is 0 Å². The molecule has 0 rings (SSSR count). The maximum absolute atomic E-state index is 11.2. The Balaban J connectivity index is 3.61. The van der Waals surface area contributed by atoms with Gasteiger partial charge in [0, 0.05) is 32.6 Å². The molecule has 0 aromatic heterocycles. The Kier molecular flexibility index (Phi) is 7.34. The first kappa shape index (κ1) is 15.4. The molecule has 96 valence electrons. The quantitative estimate of drug-likeness (QED) is 0.602. The van der Waals surface area contributed by atoms with E-state index < -0.39 is 0 Å². The Labute approximate surface area is 99.8 Å². The second-order valence-electron chi connectivity index (χ2n) is 5.28. The zero-order valence-corrected chi connectivity index (χ0v) is 11.4. The van der Waals surface area contributed by atoms with E-state index in [1.165, 1.54) is 0 Å². The van der Waals surface area contributed by atoms with Crippen LogP contribution < -0.4 is 10.6 Å². The van der Waals surface area contributed by atoms with Crippen molar-refractivity contribution in [3.8, 4) is 0 Å². The van der Waals surface area contributed by atoms with Crippen LogP contribution in [0.5, 0.6) is 0 Å². The van der Waals surface area contributed by atoms with E-state index >= 15 is 0 Å². The van der Waals surface area contributed by atoms with Gasteiger partial charge in [-0.15, -0.1) is 0 Å². The molecule has 16 heavy (non-hydrogen) atoms. The lowest BCUT2D eigenvalue weighted by molar-refractivity contribution is -0.120. The molecule has 0 aromatic rings. The van der Waals surface area contributed by atoms with Gasteiger partial charge in [0.05, 0.1) is 0 Å². The topological polar surface area (TPSA) is 44.4 Å². The summed E-state index contributed by atoms with van der Waals surface area (Å²) in [5, 5.41) is 6.12. The van der Waals surface area contributed by atoms with E-state index in [0.717, 1.165) is 19.6 Å². The Morgan fingerprint density at radius 1 is 1.31 bits per heavy atom. The van der Waals surface area contributed by atoms with Crippen LogP contribution in [0.1, 0.15) is 27.2 Å².